The Labute approximate surface area is 675 Å². The van der Waals surface area contributed by atoms with E-state index >= 15 is 0 Å². The highest BCUT2D eigenvalue weighted by Crippen LogP contribution is 2.38. The number of carbonyl (C=O) groups is 1. The minimum atomic E-state index is -2.71. The van der Waals surface area contributed by atoms with Crippen LogP contribution in [0.4, 0.5) is 0 Å². The first-order chi connectivity index (χ1) is 52.2. The summed E-state index contributed by atoms with van der Waals surface area (Å²) in [4.78, 5) is 23.1. The molecule has 0 bridgehead atoms. The second kappa shape index (κ2) is 58.5. The van der Waals surface area contributed by atoms with Crippen LogP contribution in [-0.2, 0) is 47.8 Å². The van der Waals surface area contributed by atoms with E-state index in [1.807, 2.05) is 13.8 Å². The van der Waals surface area contributed by atoms with Gasteiger partial charge < -0.3 is 85.1 Å². The zero-order valence-corrected chi connectivity index (χ0v) is 75.3. The van der Waals surface area contributed by atoms with Crippen molar-refractivity contribution >= 4 is 15.7 Å². The number of sulfone groups is 1. The topological polar surface area (TPSA) is 245 Å². The molecule has 8 N–H and O–H groups in total. The largest absolute Gasteiger partial charge is 0.396 e. The second-order valence-corrected chi connectivity index (χ2v) is 40.4. The van der Waals surface area contributed by atoms with Crippen molar-refractivity contribution in [3.63, 3.8) is 0 Å². The van der Waals surface area contributed by atoms with Crippen molar-refractivity contribution in [2.24, 2.45) is 70.5 Å². The predicted octanol–water partition coefficient (Wildman–Crippen LogP) is 8.74. The van der Waals surface area contributed by atoms with Gasteiger partial charge in [-0.1, -0.05) is 138 Å². The van der Waals surface area contributed by atoms with Crippen LogP contribution in [0.15, 0.2) is 0 Å². The predicted molar refractivity (Wildman–Crippen MR) is 455 cm³/mol. The fourth-order valence-electron chi connectivity index (χ4n) is 14.6. The summed E-state index contributed by atoms with van der Waals surface area (Å²) in [7, 11) is -2.71. The number of carbonyl (C=O) groups excluding carboxylic acids is 1. The average molecular weight is 1590 g/mol. The number of hydrogen-bond acceptors (Lipinski definition) is 22. The summed E-state index contributed by atoms with van der Waals surface area (Å²) in [5.41, 5.74) is 0.907. The number of nitrogens with zero attached hydrogens (tertiary/aromatic N) is 5. The standard InChI is InChI=1S/C11H22N2O.C10H20N2O2.C10H19NO.C9H17NO.3C9H19NO.C8H17NO2S.C7H15NO.C4H10O/c1-10(2)7-12-8-11(9-12)13-3-5-14-6-4-13;1-8(2)5-11-9-3-4-12(6-9)10(14)7-13;1-9(2)6-11-7-10(8-11)4-3-5-12-10;1-8(2)3-10-4-9(5-10)6-11-7-9;1-8(2)7-10-9-3-5-11-6-4-9;1-8(2)3-5-10-9-4-6-11-7-9;1-8(2)5-10-6-9-3-4-11-7-9;1-7(2)5-9-8-3-4-12(10,11)6-8;1-6(2)3-8-7-4-9-5-7;1-4(2)3-5/h10-11H,3-9H2,1-2H3;8-9,11,13H,3-7H2,1-2H3;9H,3-8H2,1-2H3;8H,3-7H2,1-2H3;3*8-10H,3-7H2,1-2H3;7-9H,3-6H2,1-2H3;6-8H,3-5H2,1-2H3;4-5H,3H2,1-2H3/t;9-;;;;9-;;8-;;/m.1...0.1../s1. The molecule has 0 aliphatic carbocycles. The Morgan fingerprint density at radius 2 is 0.945 bits per heavy atom. The first-order valence-corrected chi connectivity index (χ1v) is 46.1. The molecule has 0 aromatic carbocycles. The third-order valence-electron chi connectivity index (χ3n) is 21.0. The number of rotatable bonds is 29. The van der Waals surface area contributed by atoms with Crippen LogP contribution in [0.2, 0.25) is 0 Å². The Bertz CT molecular complexity index is 2280. The van der Waals surface area contributed by atoms with Crippen molar-refractivity contribution in [1.29, 1.82) is 0 Å². The van der Waals surface area contributed by atoms with Gasteiger partial charge >= 0.3 is 0 Å². The van der Waals surface area contributed by atoms with Crippen molar-refractivity contribution in [3.05, 3.63) is 0 Å². The molecule has 12 fully saturated rings. The van der Waals surface area contributed by atoms with Gasteiger partial charge in [0.25, 0.3) is 0 Å². The van der Waals surface area contributed by atoms with Gasteiger partial charge in [-0.25, -0.2) is 8.42 Å². The molecular weight excluding hydrogens is 1410 g/mol. The van der Waals surface area contributed by atoms with E-state index < -0.39 is 9.84 Å². The maximum atomic E-state index is 11.1. The van der Waals surface area contributed by atoms with E-state index in [1.54, 1.807) is 4.90 Å². The van der Waals surface area contributed by atoms with Crippen LogP contribution in [0.5, 0.6) is 0 Å². The number of nitrogens with one attached hydrogen (secondary N) is 6. The summed E-state index contributed by atoms with van der Waals surface area (Å²) in [6.45, 7) is 79.1. The van der Waals surface area contributed by atoms with Gasteiger partial charge in [-0.3, -0.25) is 19.5 Å². The van der Waals surface area contributed by atoms with Gasteiger partial charge in [-0.15, -0.1) is 0 Å². The van der Waals surface area contributed by atoms with E-state index in [0.717, 1.165) is 224 Å². The van der Waals surface area contributed by atoms with E-state index in [2.05, 4.69) is 176 Å². The maximum Gasteiger partial charge on any atom is 0.248 e. The smallest absolute Gasteiger partial charge is 0.248 e. The molecule has 0 aromatic rings. The molecule has 0 radical (unpaired) electrons. The summed E-state index contributed by atoms with van der Waals surface area (Å²) >= 11 is 0. The quantitative estimate of drug-likeness (QED) is 0.0349. The summed E-state index contributed by atoms with van der Waals surface area (Å²) < 4.78 is 59.2. The van der Waals surface area contributed by atoms with Crippen molar-refractivity contribution < 1.29 is 56.6 Å². The lowest BCUT2D eigenvalue weighted by molar-refractivity contribution is -0.190. The molecule has 4 atom stereocenters. The highest BCUT2D eigenvalue weighted by atomic mass is 32.2. The van der Waals surface area contributed by atoms with E-state index in [1.165, 1.54) is 104 Å². The molecule has 12 rings (SSSR count). The summed E-state index contributed by atoms with van der Waals surface area (Å²) in [6, 6.07) is 3.43. The van der Waals surface area contributed by atoms with Crippen molar-refractivity contribution in [2.45, 2.75) is 238 Å². The molecule has 12 heterocycles. The summed E-state index contributed by atoms with van der Waals surface area (Å²) in [5, 5.41) is 37.4. The SMILES string of the molecule is CC(C)CCN[C@H]1CCOC1.CC(C)CN1CC(N2CCOCC2)C1.CC(C)CN1CC2(CCCO2)C1.CC(C)CN1CC2(COC2)C1.CC(C)CNC1CCOCC1.CC(C)CNC1COC1.CC(C)CNCC1CCOC1.CC(C)CN[C@@H]1CCN(C(=O)CO)C1.CC(C)CN[C@@H]1CCS(=O)(=O)C1.CC(C)CO. The highest BCUT2D eigenvalue weighted by Gasteiger charge is 2.49. The molecule has 12 aliphatic heterocycles. The van der Waals surface area contributed by atoms with Gasteiger partial charge in [0, 0.05) is 167 Å². The van der Waals surface area contributed by atoms with Crippen molar-refractivity contribution in [3.8, 4) is 0 Å². The van der Waals surface area contributed by atoms with Crippen LogP contribution in [0.1, 0.15) is 196 Å². The van der Waals surface area contributed by atoms with Crippen molar-refractivity contribution in [2.75, 3.05) is 242 Å². The van der Waals surface area contributed by atoms with Crippen molar-refractivity contribution in [1.82, 2.24) is 56.4 Å². The number of ether oxygens (including phenoxy) is 7. The van der Waals surface area contributed by atoms with Crippen LogP contribution in [0.3, 0.4) is 0 Å². The first-order valence-electron chi connectivity index (χ1n) is 44.3. The molecule has 23 nitrogen and oxygen atoms in total. The molecule has 1 amide bonds. The molecule has 0 saturated carbocycles. The molecule has 110 heavy (non-hydrogen) atoms. The number of hydrogen-bond donors (Lipinski definition) is 8. The minimum Gasteiger partial charge on any atom is -0.396 e. The lowest BCUT2D eigenvalue weighted by Crippen LogP contribution is -2.66. The van der Waals surface area contributed by atoms with Crippen LogP contribution >= 0.6 is 0 Å². The number of aliphatic hydroxyl groups is 2. The molecule has 24 heteroatoms. The van der Waals surface area contributed by atoms with Gasteiger partial charge in [0.2, 0.25) is 5.91 Å². The first kappa shape index (κ1) is 103. The Hall–Kier alpha value is -1.34. The Balaban J connectivity index is 0.000000319. The minimum absolute atomic E-state index is 0.154. The monoisotopic (exact) mass is 1590 g/mol. The van der Waals surface area contributed by atoms with Crippen LogP contribution in [0, 0.1) is 70.5 Å². The average Bonchev–Trinajstić information content (AvgIpc) is 0.856. The van der Waals surface area contributed by atoms with E-state index in [4.69, 9.17) is 43.4 Å². The highest BCUT2D eigenvalue weighted by molar-refractivity contribution is 7.91. The molecule has 1 unspecified atom stereocenters. The number of aliphatic hydroxyl groups excluding tert-OH is 2. The van der Waals surface area contributed by atoms with Gasteiger partial charge in [0.1, 0.15) is 6.61 Å². The lowest BCUT2D eigenvalue weighted by atomic mass is 9.78. The fraction of sp³-hybridized carbons (Fsp3) is 0.988. The van der Waals surface area contributed by atoms with E-state index in [-0.39, 0.29) is 18.6 Å². The molecule has 12 aliphatic rings. The molecule has 0 aromatic heterocycles. The van der Waals surface area contributed by atoms with Gasteiger partial charge in [0.05, 0.1) is 76.0 Å². The molecule has 654 valence electrons. The van der Waals surface area contributed by atoms with Gasteiger partial charge in [-0.2, -0.15) is 0 Å². The van der Waals surface area contributed by atoms with Gasteiger partial charge in [0.15, 0.2) is 9.84 Å². The molecule has 2 spiro atoms. The van der Waals surface area contributed by atoms with E-state index in [0.29, 0.717) is 71.0 Å². The molecule has 12 saturated heterocycles. The summed E-state index contributed by atoms with van der Waals surface area (Å²) in [5.74, 6) is 8.49. The van der Waals surface area contributed by atoms with E-state index in [9.17, 15) is 13.2 Å². The number of likely N-dealkylation sites (tertiary alicyclic amines) is 4. The Morgan fingerprint density at radius 1 is 0.455 bits per heavy atom. The van der Waals surface area contributed by atoms with Gasteiger partial charge in [-0.05, 0) is 162 Å². The third kappa shape index (κ3) is 49.1. The fourth-order valence-corrected chi connectivity index (χ4v) is 16.3. The zero-order valence-electron chi connectivity index (χ0n) is 74.5. The normalized spacial score (nSPS) is 24.4. The Kier molecular flexibility index (Phi) is 54.7. The third-order valence-corrected chi connectivity index (χ3v) is 22.8. The van der Waals surface area contributed by atoms with Crippen LogP contribution < -0.4 is 31.9 Å². The number of amides is 1. The second-order valence-electron chi connectivity index (χ2n) is 38.1. The van der Waals surface area contributed by atoms with Crippen LogP contribution in [-0.4, -0.2) is 332 Å². The maximum absolute atomic E-state index is 11.1. The Morgan fingerprint density at radius 3 is 1.38 bits per heavy atom. The number of morpholine rings is 1. The lowest BCUT2D eigenvalue weighted by Gasteiger charge is -2.55. The summed E-state index contributed by atoms with van der Waals surface area (Å²) in [6.07, 6.45) is 10.4. The zero-order chi connectivity index (χ0) is 81.5. The van der Waals surface area contributed by atoms with Crippen LogP contribution in [0.25, 0.3) is 0 Å². The molecular formula is C86H177N11O12S.